The van der Waals surface area contributed by atoms with Crippen LogP contribution in [0.2, 0.25) is 0 Å². The number of hydrogen-bond acceptors (Lipinski definition) is 4. The predicted octanol–water partition coefficient (Wildman–Crippen LogP) is -0.154. The second-order valence-corrected chi connectivity index (χ2v) is 7.80. The zero-order chi connectivity index (χ0) is 14.6. The monoisotopic (exact) mass is 304 g/mol. The van der Waals surface area contributed by atoms with Gasteiger partial charge in [-0.1, -0.05) is 0 Å². The maximum absolute atomic E-state index is 12.4. The number of nitrogens with zero attached hydrogens (tertiary/aromatic N) is 2. The second kappa shape index (κ2) is 7.17. The van der Waals surface area contributed by atoms with Gasteiger partial charge in [0.15, 0.2) is 0 Å². The number of likely N-dealkylation sites (tertiary alicyclic amines) is 1. The molecule has 118 valence electrons. The Labute approximate surface area is 123 Å². The van der Waals surface area contributed by atoms with Gasteiger partial charge in [-0.05, 0) is 65.3 Å². The summed E-state index contributed by atoms with van der Waals surface area (Å²) in [6.45, 7) is 4.22. The van der Waals surface area contributed by atoms with Gasteiger partial charge in [-0.25, -0.2) is 0 Å². The highest BCUT2D eigenvalue weighted by Gasteiger charge is 2.30. The highest BCUT2D eigenvalue weighted by Crippen LogP contribution is 2.19. The third-order valence-corrected chi connectivity index (χ3v) is 6.12. The molecule has 2 rings (SSSR count). The lowest BCUT2D eigenvalue weighted by atomic mass is 9.98. The Kier molecular flexibility index (Phi) is 5.80. The van der Waals surface area contributed by atoms with Crippen molar-refractivity contribution in [3.8, 4) is 0 Å². The Balaban J connectivity index is 1.82. The molecule has 0 radical (unpaired) electrons. The summed E-state index contributed by atoms with van der Waals surface area (Å²) in [7, 11) is 0.735. The van der Waals surface area contributed by atoms with Crippen molar-refractivity contribution >= 4 is 10.2 Å². The van der Waals surface area contributed by atoms with Gasteiger partial charge < -0.3 is 10.2 Å². The molecule has 2 N–H and O–H groups in total. The van der Waals surface area contributed by atoms with Crippen LogP contribution in [0.25, 0.3) is 0 Å². The minimum atomic E-state index is -3.29. The summed E-state index contributed by atoms with van der Waals surface area (Å²) in [5.41, 5.74) is 0. The third kappa shape index (κ3) is 4.39. The molecule has 20 heavy (non-hydrogen) atoms. The van der Waals surface area contributed by atoms with Crippen molar-refractivity contribution in [1.82, 2.24) is 19.2 Å². The molecule has 0 bridgehead atoms. The van der Waals surface area contributed by atoms with Gasteiger partial charge >= 0.3 is 0 Å². The molecule has 2 saturated heterocycles. The lowest BCUT2D eigenvalue weighted by molar-refractivity contribution is 0.238. The van der Waals surface area contributed by atoms with E-state index in [1.807, 2.05) is 7.05 Å². The summed E-state index contributed by atoms with van der Waals surface area (Å²) >= 11 is 0. The average Bonchev–Trinajstić information content (AvgIpc) is 2.42. The van der Waals surface area contributed by atoms with Gasteiger partial charge in [-0.15, -0.1) is 0 Å². The van der Waals surface area contributed by atoms with E-state index in [0.717, 1.165) is 45.3 Å². The summed E-state index contributed by atoms with van der Waals surface area (Å²) in [5.74, 6) is 0.606. The smallest absolute Gasteiger partial charge is 0.279 e. The van der Waals surface area contributed by atoms with Gasteiger partial charge in [0.2, 0.25) is 0 Å². The van der Waals surface area contributed by atoms with Crippen LogP contribution >= 0.6 is 0 Å². The van der Waals surface area contributed by atoms with Gasteiger partial charge in [0, 0.05) is 19.1 Å². The molecule has 2 aliphatic rings. The van der Waals surface area contributed by atoms with Crippen molar-refractivity contribution in [3.05, 3.63) is 0 Å². The number of hydrogen-bond donors (Lipinski definition) is 2. The van der Waals surface area contributed by atoms with E-state index < -0.39 is 10.2 Å². The molecule has 0 unspecified atom stereocenters. The summed E-state index contributed by atoms with van der Waals surface area (Å²) in [4.78, 5) is 2.24. The molecule has 2 aliphatic heterocycles. The highest BCUT2D eigenvalue weighted by atomic mass is 32.2. The van der Waals surface area contributed by atoms with Crippen LogP contribution < -0.4 is 10.0 Å². The molecular formula is C13H28N4O2S. The molecule has 0 aromatic rings. The first-order valence-electron chi connectivity index (χ1n) is 7.62. The van der Waals surface area contributed by atoms with E-state index in [1.165, 1.54) is 0 Å². The van der Waals surface area contributed by atoms with Gasteiger partial charge in [-0.2, -0.15) is 17.4 Å². The normalized spacial score (nSPS) is 25.1. The van der Waals surface area contributed by atoms with Crippen LogP contribution in [0.15, 0.2) is 0 Å². The molecule has 0 atom stereocenters. The summed E-state index contributed by atoms with van der Waals surface area (Å²) < 4.78 is 29.3. The summed E-state index contributed by atoms with van der Waals surface area (Å²) in [6, 6.07) is 0.103. The fourth-order valence-electron chi connectivity index (χ4n) is 3.05. The molecule has 0 aromatic heterocycles. The van der Waals surface area contributed by atoms with E-state index in [-0.39, 0.29) is 6.04 Å². The second-order valence-electron chi connectivity index (χ2n) is 6.10. The first kappa shape index (κ1) is 16.2. The molecule has 2 fully saturated rings. The molecule has 7 heteroatoms. The van der Waals surface area contributed by atoms with E-state index in [4.69, 9.17) is 0 Å². The highest BCUT2D eigenvalue weighted by molar-refractivity contribution is 7.87. The molecule has 0 saturated carbocycles. The van der Waals surface area contributed by atoms with Crippen molar-refractivity contribution in [2.75, 3.05) is 46.8 Å². The minimum absolute atomic E-state index is 0.103. The van der Waals surface area contributed by atoms with Crippen molar-refractivity contribution in [2.45, 2.75) is 31.7 Å². The standard InChI is InChI=1S/C13H28N4O2S/c1-14-11-12-3-9-17(10-4-12)20(18,19)15-13-5-7-16(2)8-6-13/h12-15H,3-11H2,1-2H3. The van der Waals surface area contributed by atoms with Crippen LogP contribution in [0, 0.1) is 5.92 Å². The van der Waals surface area contributed by atoms with Crippen LogP contribution in [-0.4, -0.2) is 70.5 Å². The quantitative estimate of drug-likeness (QED) is 0.741. The van der Waals surface area contributed by atoms with E-state index in [1.54, 1.807) is 4.31 Å². The van der Waals surface area contributed by atoms with E-state index in [0.29, 0.717) is 19.0 Å². The van der Waals surface area contributed by atoms with E-state index in [2.05, 4.69) is 22.0 Å². The van der Waals surface area contributed by atoms with Crippen LogP contribution in [0.5, 0.6) is 0 Å². The molecule has 0 amide bonds. The van der Waals surface area contributed by atoms with Crippen LogP contribution in [0.4, 0.5) is 0 Å². The largest absolute Gasteiger partial charge is 0.319 e. The zero-order valence-corrected chi connectivity index (χ0v) is 13.5. The SMILES string of the molecule is CNCC1CCN(S(=O)(=O)NC2CCN(C)CC2)CC1. The van der Waals surface area contributed by atoms with Crippen LogP contribution in [0.1, 0.15) is 25.7 Å². The number of nitrogens with one attached hydrogen (secondary N) is 2. The fraction of sp³-hybridized carbons (Fsp3) is 1.00. The Hall–Kier alpha value is -0.210. The Morgan fingerprint density at radius 3 is 2.20 bits per heavy atom. The summed E-state index contributed by atoms with van der Waals surface area (Å²) in [5, 5.41) is 3.17. The maximum atomic E-state index is 12.4. The van der Waals surface area contributed by atoms with E-state index >= 15 is 0 Å². The Bertz CT molecular complexity index is 385. The fourth-order valence-corrected chi connectivity index (χ4v) is 4.55. The minimum Gasteiger partial charge on any atom is -0.319 e. The third-order valence-electron chi connectivity index (χ3n) is 4.44. The molecule has 2 heterocycles. The van der Waals surface area contributed by atoms with Gasteiger partial charge in [-0.3, -0.25) is 0 Å². The number of piperidine rings is 2. The Morgan fingerprint density at radius 1 is 1.05 bits per heavy atom. The molecule has 0 spiro atoms. The molecule has 0 aliphatic carbocycles. The summed E-state index contributed by atoms with van der Waals surface area (Å²) in [6.07, 6.45) is 3.72. The van der Waals surface area contributed by atoms with Crippen LogP contribution in [-0.2, 0) is 10.2 Å². The van der Waals surface area contributed by atoms with Gasteiger partial charge in [0.05, 0.1) is 0 Å². The van der Waals surface area contributed by atoms with Gasteiger partial charge in [0.1, 0.15) is 0 Å². The molecule has 6 nitrogen and oxygen atoms in total. The first-order valence-corrected chi connectivity index (χ1v) is 9.06. The van der Waals surface area contributed by atoms with Crippen LogP contribution in [0.3, 0.4) is 0 Å². The zero-order valence-electron chi connectivity index (χ0n) is 12.6. The topological polar surface area (TPSA) is 64.7 Å². The molecular weight excluding hydrogens is 276 g/mol. The maximum Gasteiger partial charge on any atom is 0.279 e. The molecule has 0 aromatic carbocycles. The van der Waals surface area contributed by atoms with Crippen molar-refractivity contribution in [3.63, 3.8) is 0 Å². The average molecular weight is 304 g/mol. The number of rotatable bonds is 5. The lowest BCUT2D eigenvalue weighted by Gasteiger charge is -2.34. The van der Waals surface area contributed by atoms with E-state index in [9.17, 15) is 8.42 Å². The van der Waals surface area contributed by atoms with Crippen molar-refractivity contribution in [2.24, 2.45) is 5.92 Å². The first-order chi connectivity index (χ1) is 9.51. The van der Waals surface area contributed by atoms with Crippen molar-refractivity contribution < 1.29 is 8.42 Å². The van der Waals surface area contributed by atoms with Gasteiger partial charge in [0.25, 0.3) is 10.2 Å². The predicted molar refractivity (Wildman–Crippen MR) is 80.8 cm³/mol. The Morgan fingerprint density at radius 2 is 1.65 bits per heavy atom. The van der Waals surface area contributed by atoms with Crippen molar-refractivity contribution in [1.29, 1.82) is 0 Å². The lowest BCUT2D eigenvalue weighted by Crippen LogP contribution is -2.51.